The zero-order valence-electron chi connectivity index (χ0n) is 10.2. The second-order valence-electron chi connectivity index (χ2n) is 4.60. The van der Waals surface area contributed by atoms with Crippen LogP contribution >= 0.6 is 0 Å². The molecule has 1 aromatic heterocycles. The maximum atomic E-state index is 5.22. The van der Waals surface area contributed by atoms with Crippen LogP contribution in [-0.4, -0.2) is 11.7 Å². The highest BCUT2D eigenvalue weighted by Gasteiger charge is 2.14. The van der Waals surface area contributed by atoms with Gasteiger partial charge in [0.05, 0.1) is 5.69 Å². The molecular weight excluding hydrogens is 212 g/mol. The van der Waals surface area contributed by atoms with Crippen LogP contribution in [0.4, 0.5) is 5.69 Å². The van der Waals surface area contributed by atoms with Crippen molar-refractivity contribution in [1.29, 1.82) is 0 Å². The molecule has 2 heterocycles. The zero-order chi connectivity index (χ0) is 11.8. The van der Waals surface area contributed by atoms with Gasteiger partial charge >= 0.3 is 0 Å². The lowest BCUT2D eigenvalue weighted by atomic mass is 9.97. The molecule has 88 valence electrons. The monoisotopic (exact) mass is 228 g/mol. The van der Waals surface area contributed by atoms with Gasteiger partial charge in [0.2, 0.25) is 0 Å². The minimum Gasteiger partial charge on any atom is -0.385 e. The molecular formula is C14H16N2O. The smallest absolute Gasteiger partial charge is 0.141 e. The number of hydrogen-bond donors (Lipinski definition) is 1. The van der Waals surface area contributed by atoms with Crippen molar-refractivity contribution in [1.82, 2.24) is 5.16 Å². The molecule has 2 aromatic rings. The molecule has 1 aromatic carbocycles. The largest absolute Gasteiger partial charge is 0.385 e. The van der Waals surface area contributed by atoms with E-state index in [1.54, 1.807) is 0 Å². The number of benzene rings is 1. The fourth-order valence-corrected chi connectivity index (χ4v) is 2.51. The Hall–Kier alpha value is -1.77. The van der Waals surface area contributed by atoms with Crippen molar-refractivity contribution < 1.29 is 4.52 Å². The van der Waals surface area contributed by atoms with Crippen LogP contribution in [-0.2, 0) is 6.42 Å². The highest BCUT2D eigenvalue weighted by atomic mass is 16.5. The average molecular weight is 228 g/mol. The molecule has 0 spiro atoms. The Morgan fingerprint density at radius 3 is 2.94 bits per heavy atom. The number of hydrogen-bond acceptors (Lipinski definition) is 3. The van der Waals surface area contributed by atoms with Gasteiger partial charge in [-0.1, -0.05) is 17.3 Å². The first kappa shape index (κ1) is 10.4. The van der Waals surface area contributed by atoms with Crippen LogP contribution in [0.5, 0.6) is 0 Å². The molecule has 0 amide bonds. The van der Waals surface area contributed by atoms with Crippen LogP contribution < -0.4 is 5.32 Å². The van der Waals surface area contributed by atoms with E-state index in [0.29, 0.717) is 0 Å². The Morgan fingerprint density at radius 2 is 2.18 bits per heavy atom. The molecule has 0 unspecified atom stereocenters. The van der Waals surface area contributed by atoms with E-state index in [1.165, 1.54) is 29.7 Å². The molecule has 17 heavy (non-hydrogen) atoms. The van der Waals surface area contributed by atoms with Gasteiger partial charge < -0.3 is 9.84 Å². The number of rotatable bonds is 1. The molecule has 3 rings (SSSR count). The fourth-order valence-electron chi connectivity index (χ4n) is 2.51. The van der Waals surface area contributed by atoms with Gasteiger partial charge in [-0.05, 0) is 43.9 Å². The summed E-state index contributed by atoms with van der Waals surface area (Å²) in [7, 11) is 0. The summed E-state index contributed by atoms with van der Waals surface area (Å²) in [6.45, 7) is 5.01. The van der Waals surface area contributed by atoms with E-state index in [9.17, 15) is 0 Å². The number of nitrogens with one attached hydrogen (secondary N) is 1. The molecule has 0 saturated carbocycles. The summed E-state index contributed by atoms with van der Waals surface area (Å²) in [5.74, 6) is 0.887. The molecule has 1 aliphatic heterocycles. The van der Waals surface area contributed by atoms with Gasteiger partial charge in [0.1, 0.15) is 5.76 Å². The predicted molar refractivity (Wildman–Crippen MR) is 68.2 cm³/mol. The van der Waals surface area contributed by atoms with E-state index in [4.69, 9.17) is 4.52 Å². The van der Waals surface area contributed by atoms with E-state index >= 15 is 0 Å². The predicted octanol–water partition coefficient (Wildman–Crippen LogP) is 3.32. The lowest BCUT2D eigenvalue weighted by Gasteiger charge is -2.18. The van der Waals surface area contributed by atoms with Gasteiger partial charge in [0, 0.05) is 17.8 Å². The molecule has 3 heteroatoms. The van der Waals surface area contributed by atoms with Gasteiger partial charge in [-0.15, -0.1) is 0 Å². The number of fused-ring (bicyclic) bond motifs is 1. The van der Waals surface area contributed by atoms with E-state index in [-0.39, 0.29) is 0 Å². The minimum absolute atomic E-state index is 0.887. The maximum Gasteiger partial charge on any atom is 0.141 e. The summed E-state index contributed by atoms with van der Waals surface area (Å²) in [5, 5.41) is 7.46. The van der Waals surface area contributed by atoms with Gasteiger partial charge in [-0.3, -0.25) is 0 Å². The third-order valence-electron chi connectivity index (χ3n) is 3.37. The van der Waals surface area contributed by atoms with Crippen molar-refractivity contribution >= 4 is 5.69 Å². The summed E-state index contributed by atoms with van der Waals surface area (Å²) in [6.07, 6.45) is 2.39. The van der Waals surface area contributed by atoms with Crippen LogP contribution in [0, 0.1) is 13.8 Å². The molecule has 3 nitrogen and oxygen atoms in total. The maximum absolute atomic E-state index is 5.22. The van der Waals surface area contributed by atoms with E-state index in [0.717, 1.165) is 23.6 Å². The Kier molecular flexibility index (Phi) is 2.39. The molecule has 0 bridgehead atoms. The highest BCUT2D eigenvalue weighted by Crippen LogP contribution is 2.32. The normalized spacial score (nSPS) is 14.2. The van der Waals surface area contributed by atoms with Crippen molar-refractivity contribution in [2.24, 2.45) is 0 Å². The first-order valence-corrected chi connectivity index (χ1v) is 6.06. The van der Waals surface area contributed by atoms with Crippen molar-refractivity contribution in [2.75, 3.05) is 11.9 Å². The van der Waals surface area contributed by atoms with E-state index < -0.39 is 0 Å². The van der Waals surface area contributed by atoms with Crippen molar-refractivity contribution in [3.8, 4) is 11.1 Å². The molecule has 0 fully saturated rings. The first-order chi connectivity index (χ1) is 8.25. The molecule has 1 aliphatic rings. The van der Waals surface area contributed by atoms with E-state index in [2.05, 4.69) is 28.7 Å². The Morgan fingerprint density at radius 1 is 1.29 bits per heavy atom. The summed E-state index contributed by atoms with van der Waals surface area (Å²) >= 11 is 0. The zero-order valence-corrected chi connectivity index (χ0v) is 10.2. The van der Waals surface area contributed by atoms with Crippen molar-refractivity contribution in [3.05, 3.63) is 35.2 Å². The van der Waals surface area contributed by atoms with Crippen LogP contribution in [0.1, 0.15) is 23.4 Å². The Labute approximate surface area is 101 Å². The number of aromatic nitrogens is 1. The minimum atomic E-state index is 0.887. The van der Waals surface area contributed by atoms with Crippen LogP contribution in [0.25, 0.3) is 11.1 Å². The summed E-state index contributed by atoms with van der Waals surface area (Å²) in [5.41, 5.74) is 5.94. The van der Waals surface area contributed by atoms with Gasteiger partial charge in [-0.2, -0.15) is 0 Å². The Bertz CT molecular complexity index is 538. The van der Waals surface area contributed by atoms with Gasteiger partial charge in [0.25, 0.3) is 0 Å². The van der Waals surface area contributed by atoms with Crippen LogP contribution in [0.2, 0.25) is 0 Å². The SMILES string of the molecule is Cc1noc(C)c1-c1ccc2c(c1)NCCC2. The lowest BCUT2D eigenvalue weighted by Crippen LogP contribution is -2.11. The summed E-state index contributed by atoms with van der Waals surface area (Å²) < 4.78 is 5.22. The summed E-state index contributed by atoms with van der Waals surface area (Å²) in [4.78, 5) is 0. The third kappa shape index (κ3) is 1.71. The molecule has 0 aliphatic carbocycles. The number of nitrogens with zero attached hydrogens (tertiary/aromatic N) is 1. The van der Waals surface area contributed by atoms with Crippen molar-refractivity contribution in [2.45, 2.75) is 26.7 Å². The van der Waals surface area contributed by atoms with Crippen LogP contribution in [0.3, 0.4) is 0 Å². The number of anilines is 1. The topological polar surface area (TPSA) is 38.1 Å². The highest BCUT2D eigenvalue weighted by molar-refractivity contribution is 5.73. The van der Waals surface area contributed by atoms with Crippen LogP contribution in [0.15, 0.2) is 22.7 Å². The molecule has 1 N–H and O–H groups in total. The average Bonchev–Trinajstić information content (AvgIpc) is 2.68. The van der Waals surface area contributed by atoms with E-state index in [1.807, 2.05) is 13.8 Å². The molecule has 0 saturated heterocycles. The second-order valence-corrected chi connectivity index (χ2v) is 4.60. The molecule has 0 radical (unpaired) electrons. The second kappa shape index (κ2) is 3.91. The summed E-state index contributed by atoms with van der Waals surface area (Å²) in [6, 6.07) is 6.59. The lowest BCUT2D eigenvalue weighted by molar-refractivity contribution is 0.393. The first-order valence-electron chi connectivity index (χ1n) is 6.06. The Balaban J connectivity index is 2.10. The quantitative estimate of drug-likeness (QED) is 0.813. The van der Waals surface area contributed by atoms with Gasteiger partial charge in [-0.25, -0.2) is 0 Å². The number of aryl methyl sites for hydroxylation is 3. The fraction of sp³-hybridized carbons (Fsp3) is 0.357. The van der Waals surface area contributed by atoms with Crippen molar-refractivity contribution in [3.63, 3.8) is 0 Å². The standard InChI is InChI=1S/C14H16N2O/c1-9-14(10(2)17-16-9)12-6-5-11-4-3-7-15-13(11)8-12/h5-6,8,15H,3-4,7H2,1-2H3. The van der Waals surface area contributed by atoms with Gasteiger partial charge in [0.15, 0.2) is 0 Å². The third-order valence-corrected chi connectivity index (χ3v) is 3.37. The molecule has 0 atom stereocenters.